The van der Waals surface area contributed by atoms with Crippen molar-refractivity contribution in [1.82, 2.24) is 10.6 Å². The lowest BCUT2D eigenvalue weighted by Crippen LogP contribution is -2.54. The molecule has 9 heteroatoms. The summed E-state index contributed by atoms with van der Waals surface area (Å²) in [4.78, 5) is 25.8. The first-order valence-electron chi connectivity index (χ1n) is 13.7. The summed E-state index contributed by atoms with van der Waals surface area (Å²) in [5, 5.41) is 17.1. The lowest BCUT2D eigenvalue weighted by Gasteiger charge is -2.35. The number of aryl methyl sites for hydroxylation is 1. The Kier molecular flexibility index (Phi) is 13.5. The van der Waals surface area contributed by atoms with E-state index in [0.29, 0.717) is 25.2 Å². The Balaban J connectivity index is 2.17. The van der Waals surface area contributed by atoms with Crippen LogP contribution in [0.4, 0.5) is 0 Å². The van der Waals surface area contributed by atoms with Crippen LogP contribution in [0.15, 0.2) is 30.3 Å². The van der Waals surface area contributed by atoms with Gasteiger partial charge in [-0.1, -0.05) is 76.3 Å². The summed E-state index contributed by atoms with van der Waals surface area (Å²) in [5.41, 5.74) is 1.03. The molecule has 37 heavy (non-hydrogen) atoms. The number of imide groups is 1. The molecule has 0 radical (unpaired) electrons. The third kappa shape index (κ3) is 11.0. The molecule has 1 aromatic carbocycles. The van der Waals surface area contributed by atoms with E-state index in [0.717, 1.165) is 31.2 Å². The first-order chi connectivity index (χ1) is 17.5. The van der Waals surface area contributed by atoms with Crippen LogP contribution in [0.5, 0.6) is 0 Å². The van der Waals surface area contributed by atoms with Crippen LogP contribution in [-0.2, 0) is 29.6 Å². The quantitative estimate of drug-likeness (QED) is 0.263. The normalized spacial score (nSPS) is 18.8. The second-order valence-corrected chi connectivity index (χ2v) is 13.1. The highest BCUT2D eigenvalue weighted by molar-refractivity contribution is 7.54. The number of aliphatic hydroxyl groups excluding tert-OH is 1. The van der Waals surface area contributed by atoms with Crippen LogP contribution in [0.3, 0.4) is 0 Å². The summed E-state index contributed by atoms with van der Waals surface area (Å²) in [6.45, 7) is 7.46. The van der Waals surface area contributed by atoms with E-state index in [1.54, 1.807) is 13.8 Å². The van der Waals surface area contributed by atoms with E-state index in [-0.39, 0.29) is 18.2 Å². The molecule has 0 saturated heterocycles. The molecule has 0 bridgehead atoms. The minimum Gasteiger partial charge on any atom is -0.379 e. The molecular formula is C28H47N2O6P. The monoisotopic (exact) mass is 538 g/mol. The van der Waals surface area contributed by atoms with Gasteiger partial charge in [0.15, 0.2) is 5.85 Å². The minimum atomic E-state index is -3.87. The highest BCUT2D eigenvalue weighted by Crippen LogP contribution is 2.54. The van der Waals surface area contributed by atoms with Crippen molar-refractivity contribution >= 4 is 19.4 Å². The van der Waals surface area contributed by atoms with Crippen molar-refractivity contribution in [3.63, 3.8) is 0 Å². The van der Waals surface area contributed by atoms with Gasteiger partial charge in [0.25, 0.3) is 0 Å². The first kappa shape index (κ1) is 31.6. The Morgan fingerprint density at radius 3 is 2.30 bits per heavy atom. The summed E-state index contributed by atoms with van der Waals surface area (Å²) in [7, 11) is -2.60. The summed E-state index contributed by atoms with van der Waals surface area (Å²) >= 11 is 0. The van der Waals surface area contributed by atoms with E-state index in [9.17, 15) is 19.3 Å². The zero-order valence-corrected chi connectivity index (χ0v) is 24.0. The largest absolute Gasteiger partial charge is 0.379 e. The highest BCUT2D eigenvalue weighted by atomic mass is 31.2. The number of amides is 2. The molecule has 1 fully saturated rings. The summed E-state index contributed by atoms with van der Waals surface area (Å²) in [6.07, 6.45) is 6.77. The molecule has 0 aromatic heterocycles. The minimum absolute atomic E-state index is 0.149. The van der Waals surface area contributed by atoms with Crippen LogP contribution in [0.1, 0.15) is 84.6 Å². The molecule has 0 aliphatic heterocycles. The summed E-state index contributed by atoms with van der Waals surface area (Å²) in [6, 6.07) is 8.21. The molecule has 3 N–H and O–H groups in total. The highest BCUT2D eigenvalue weighted by Gasteiger charge is 2.42. The number of carbonyl (C=O) groups is 2. The Labute approximate surface area is 222 Å². The second kappa shape index (κ2) is 15.7. The predicted molar refractivity (Wildman–Crippen MR) is 146 cm³/mol. The topological polar surface area (TPSA) is 114 Å². The third-order valence-corrected chi connectivity index (χ3v) is 9.03. The van der Waals surface area contributed by atoms with Crippen molar-refractivity contribution in [2.75, 3.05) is 7.11 Å². The average molecular weight is 539 g/mol. The van der Waals surface area contributed by atoms with E-state index in [4.69, 9.17) is 9.05 Å². The van der Waals surface area contributed by atoms with Gasteiger partial charge in [-0.15, -0.1) is 0 Å². The van der Waals surface area contributed by atoms with E-state index < -0.39 is 37.5 Å². The van der Waals surface area contributed by atoms with Gasteiger partial charge in [0.05, 0.1) is 12.1 Å². The van der Waals surface area contributed by atoms with Gasteiger partial charge in [0, 0.05) is 19.6 Å². The van der Waals surface area contributed by atoms with Gasteiger partial charge in [0.1, 0.15) is 0 Å². The number of rotatable bonds is 15. The van der Waals surface area contributed by atoms with E-state index in [1.807, 2.05) is 44.2 Å². The number of hydrogen-bond acceptors (Lipinski definition) is 7. The molecule has 4 atom stereocenters. The van der Waals surface area contributed by atoms with Gasteiger partial charge in [0.2, 0.25) is 11.8 Å². The number of aliphatic hydroxyl groups is 1. The standard InChI is InChI=1S/C28H47N2O6P/c1-20(2)18-24(27(32)30-26(31)17-16-22-12-8-6-9-13-22)29-25(19-23-14-10-7-11-15-23)28(33)37(34,35-5)36-21(3)4/h6,8-9,12-13,20-21,23-25,28-29,33H,7,10-11,14-19H2,1-5H3,(H,30,31,32)/t24?,25-,28?,37?/m0/s1. The molecule has 1 aliphatic rings. The Bertz CT molecular complexity index is 873. The van der Waals surface area contributed by atoms with Crippen LogP contribution >= 0.6 is 7.60 Å². The number of nitrogens with one attached hydrogen (secondary N) is 2. The SMILES string of the molecule is COP(=O)(OC(C)C)C(O)[C@H](CC1CCCCC1)NC(CC(C)C)C(=O)NC(=O)CCc1ccccc1. The molecular weight excluding hydrogens is 491 g/mol. The number of benzene rings is 1. The molecule has 2 rings (SSSR count). The molecule has 1 saturated carbocycles. The van der Waals surface area contributed by atoms with Gasteiger partial charge in [-0.2, -0.15) is 0 Å². The lowest BCUT2D eigenvalue weighted by atomic mass is 9.84. The van der Waals surface area contributed by atoms with Crippen LogP contribution in [0.2, 0.25) is 0 Å². The van der Waals surface area contributed by atoms with Gasteiger partial charge in [-0.3, -0.25) is 24.8 Å². The number of hydrogen-bond donors (Lipinski definition) is 3. The predicted octanol–water partition coefficient (Wildman–Crippen LogP) is 5.19. The molecule has 2 amide bonds. The number of carbonyl (C=O) groups excluding carboxylic acids is 2. The van der Waals surface area contributed by atoms with Crippen molar-refractivity contribution in [2.45, 2.75) is 110 Å². The summed E-state index contributed by atoms with van der Waals surface area (Å²) in [5.74, 6) is -1.75. The van der Waals surface area contributed by atoms with Crippen molar-refractivity contribution in [3.8, 4) is 0 Å². The van der Waals surface area contributed by atoms with Gasteiger partial charge in [-0.25, -0.2) is 0 Å². The van der Waals surface area contributed by atoms with Gasteiger partial charge in [-0.05, 0) is 50.5 Å². The molecule has 0 spiro atoms. The zero-order chi connectivity index (χ0) is 27.4. The smallest absolute Gasteiger partial charge is 0.360 e. The van der Waals surface area contributed by atoms with Crippen molar-refractivity contribution in [1.29, 1.82) is 0 Å². The fourth-order valence-electron chi connectivity index (χ4n) is 4.96. The molecule has 0 heterocycles. The van der Waals surface area contributed by atoms with Crippen LogP contribution in [-0.4, -0.2) is 48.1 Å². The molecule has 210 valence electrons. The molecule has 1 aliphatic carbocycles. The summed E-state index contributed by atoms with van der Waals surface area (Å²) < 4.78 is 24.3. The lowest BCUT2D eigenvalue weighted by molar-refractivity contribution is -0.132. The molecule has 8 nitrogen and oxygen atoms in total. The second-order valence-electron chi connectivity index (χ2n) is 10.9. The molecule has 3 unspecified atom stereocenters. The van der Waals surface area contributed by atoms with E-state index >= 15 is 0 Å². The molecule has 1 aromatic rings. The van der Waals surface area contributed by atoms with Crippen molar-refractivity contribution in [3.05, 3.63) is 35.9 Å². The van der Waals surface area contributed by atoms with Gasteiger partial charge < -0.3 is 14.2 Å². The maximum absolute atomic E-state index is 13.5. The van der Waals surface area contributed by atoms with E-state index in [1.165, 1.54) is 13.5 Å². The maximum Gasteiger partial charge on any atom is 0.360 e. The fourth-order valence-corrected chi connectivity index (χ4v) is 6.62. The van der Waals surface area contributed by atoms with Gasteiger partial charge >= 0.3 is 7.60 Å². The van der Waals surface area contributed by atoms with Crippen molar-refractivity contribution in [2.24, 2.45) is 11.8 Å². The third-order valence-electron chi connectivity index (χ3n) is 6.79. The Morgan fingerprint density at radius 1 is 1.08 bits per heavy atom. The zero-order valence-electron chi connectivity index (χ0n) is 23.2. The van der Waals surface area contributed by atoms with Crippen LogP contribution < -0.4 is 10.6 Å². The Hall–Kier alpha value is -1.57. The van der Waals surface area contributed by atoms with Crippen LogP contribution in [0, 0.1) is 11.8 Å². The van der Waals surface area contributed by atoms with Crippen molar-refractivity contribution < 1.29 is 28.3 Å². The Morgan fingerprint density at radius 2 is 1.73 bits per heavy atom. The van der Waals surface area contributed by atoms with E-state index in [2.05, 4.69) is 10.6 Å². The average Bonchev–Trinajstić information content (AvgIpc) is 2.86. The fraction of sp³-hybridized carbons (Fsp3) is 0.714. The maximum atomic E-state index is 13.5. The first-order valence-corrected chi connectivity index (χ1v) is 15.3. The van der Waals surface area contributed by atoms with Crippen LogP contribution in [0.25, 0.3) is 0 Å².